The third kappa shape index (κ3) is 3.19. The fraction of sp³-hybridized carbons (Fsp3) is 0.364. The topological polar surface area (TPSA) is 108 Å². The highest BCUT2D eigenvalue weighted by atomic mass is 16.6. The zero-order chi connectivity index (χ0) is 14.7. The fourth-order valence-corrected chi connectivity index (χ4v) is 1.75. The predicted molar refractivity (Wildman–Crippen MR) is 68.7 cm³/mol. The summed E-state index contributed by atoms with van der Waals surface area (Å²) in [5.41, 5.74) is 1.35. The zero-order valence-corrected chi connectivity index (χ0v) is 11.1. The molecule has 2 rings (SSSR count). The summed E-state index contributed by atoms with van der Waals surface area (Å²) < 4.78 is 2.71. The first-order valence-electron chi connectivity index (χ1n) is 5.89. The predicted octanol–water partition coefficient (Wildman–Crippen LogP) is 0.150. The van der Waals surface area contributed by atoms with Gasteiger partial charge in [0.05, 0.1) is 18.0 Å². The average Bonchev–Trinajstić information content (AvgIpc) is 2.93. The van der Waals surface area contributed by atoms with Gasteiger partial charge in [-0.2, -0.15) is 5.10 Å². The first-order chi connectivity index (χ1) is 9.45. The molecule has 0 saturated carbocycles. The van der Waals surface area contributed by atoms with E-state index < -0.39 is 4.92 Å². The van der Waals surface area contributed by atoms with Gasteiger partial charge in [-0.15, -0.1) is 4.68 Å². The first-order valence-corrected chi connectivity index (χ1v) is 5.89. The molecule has 0 fully saturated rings. The molecule has 0 unspecified atom stereocenters. The Bertz CT molecular complexity index is 644. The quantitative estimate of drug-likeness (QED) is 0.618. The molecular weight excluding hydrogens is 264 g/mol. The Morgan fingerprint density at radius 2 is 2.30 bits per heavy atom. The molecule has 2 heterocycles. The van der Waals surface area contributed by atoms with E-state index in [9.17, 15) is 14.9 Å². The summed E-state index contributed by atoms with van der Waals surface area (Å²) in [4.78, 5) is 22.0. The lowest BCUT2D eigenvalue weighted by Crippen LogP contribution is -2.27. The number of carbonyl (C=O) groups is 1. The molecule has 9 heteroatoms. The minimum atomic E-state index is -0.561. The summed E-state index contributed by atoms with van der Waals surface area (Å²) >= 11 is 0. The molecule has 1 N–H and O–H groups in total. The molecule has 0 atom stereocenters. The van der Waals surface area contributed by atoms with E-state index in [1.165, 1.54) is 6.07 Å². The Labute approximate surface area is 114 Å². The van der Waals surface area contributed by atoms with Crippen LogP contribution in [0.15, 0.2) is 18.5 Å². The largest absolute Gasteiger partial charge is 0.358 e. The standard InChI is InChI=1S/C11H14N6O3/c1-8-3-11(17(19)20)16(14-8)7-10(18)12-4-9-5-13-15(2)6-9/h3,5-6H,4,7H2,1-2H3,(H,12,18). The number of aromatic nitrogens is 4. The first kappa shape index (κ1) is 13.7. The van der Waals surface area contributed by atoms with Crippen LogP contribution in [0.3, 0.4) is 0 Å². The SMILES string of the molecule is Cc1cc([N+](=O)[O-])n(CC(=O)NCc2cnn(C)c2)n1. The molecule has 0 bridgehead atoms. The number of carbonyl (C=O) groups excluding carboxylic acids is 1. The van der Waals surface area contributed by atoms with E-state index in [1.807, 2.05) is 0 Å². The maximum atomic E-state index is 11.8. The molecule has 0 aliphatic heterocycles. The zero-order valence-electron chi connectivity index (χ0n) is 11.1. The highest BCUT2D eigenvalue weighted by Crippen LogP contribution is 2.12. The minimum absolute atomic E-state index is 0.190. The maximum Gasteiger partial charge on any atom is 0.345 e. The van der Waals surface area contributed by atoms with Gasteiger partial charge in [0.25, 0.3) is 5.91 Å². The van der Waals surface area contributed by atoms with Crippen molar-refractivity contribution in [3.8, 4) is 0 Å². The van der Waals surface area contributed by atoms with Crippen molar-refractivity contribution in [3.05, 3.63) is 39.8 Å². The molecule has 9 nitrogen and oxygen atoms in total. The minimum Gasteiger partial charge on any atom is -0.358 e. The van der Waals surface area contributed by atoms with E-state index in [-0.39, 0.29) is 18.3 Å². The number of amides is 1. The monoisotopic (exact) mass is 278 g/mol. The van der Waals surface area contributed by atoms with E-state index >= 15 is 0 Å². The van der Waals surface area contributed by atoms with Crippen LogP contribution in [-0.2, 0) is 24.9 Å². The molecule has 0 saturated heterocycles. The van der Waals surface area contributed by atoms with E-state index in [0.29, 0.717) is 12.2 Å². The van der Waals surface area contributed by atoms with Gasteiger partial charge in [0.2, 0.25) is 0 Å². The van der Waals surface area contributed by atoms with Crippen molar-refractivity contribution in [3.63, 3.8) is 0 Å². The Kier molecular flexibility index (Phi) is 3.78. The van der Waals surface area contributed by atoms with Crippen LogP contribution in [0.2, 0.25) is 0 Å². The van der Waals surface area contributed by atoms with Crippen LogP contribution in [0.4, 0.5) is 5.82 Å². The molecule has 0 spiro atoms. The third-order valence-electron chi connectivity index (χ3n) is 2.61. The Hall–Kier alpha value is -2.71. The molecular formula is C11H14N6O3. The molecule has 0 aromatic carbocycles. The number of nitrogens with zero attached hydrogens (tertiary/aromatic N) is 5. The highest BCUT2D eigenvalue weighted by Gasteiger charge is 2.19. The second-order valence-corrected chi connectivity index (χ2v) is 4.36. The number of hydrogen-bond acceptors (Lipinski definition) is 5. The van der Waals surface area contributed by atoms with Gasteiger partial charge in [-0.05, 0) is 11.8 Å². The lowest BCUT2D eigenvalue weighted by atomic mass is 10.3. The second kappa shape index (κ2) is 5.51. The summed E-state index contributed by atoms with van der Waals surface area (Å²) in [6.45, 7) is 1.77. The summed E-state index contributed by atoms with van der Waals surface area (Å²) in [5.74, 6) is -0.543. The number of aryl methyl sites for hydroxylation is 2. The van der Waals surface area contributed by atoms with E-state index in [0.717, 1.165) is 10.2 Å². The summed E-state index contributed by atoms with van der Waals surface area (Å²) in [6.07, 6.45) is 3.42. The van der Waals surface area contributed by atoms with Gasteiger partial charge in [0, 0.05) is 25.4 Å². The summed E-state index contributed by atoms with van der Waals surface area (Å²) in [7, 11) is 1.78. The molecule has 0 aliphatic rings. The number of nitrogens with one attached hydrogen (secondary N) is 1. The van der Waals surface area contributed by atoms with E-state index in [2.05, 4.69) is 15.5 Å². The average molecular weight is 278 g/mol. The highest BCUT2D eigenvalue weighted by molar-refractivity contribution is 5.75. The van der Waals surface area contributed by atoms with Gasteiger partial charge >= 0.3 is 5.82 Å². The van der Waals surface area contributed by atoms with Crippen molar-refractivity contribution in [2.45, 2.75) is 20.0 Å². The van der Waals surface area contributed by atoms with Crippen LogP contribution in [0.1, 0.15) is 11.3 Å². The lowest BCUT2D eigenvalue weighted by molar-refractivity contribution is -0.392. The van der Waals surface area contributed by atoms with Crippen molar-refractivity contribution in [1.29, 1.82) is 0 Å². The summed E-state index contributed by atoms with van der Waals surface area (Å²) in [5, 5.41) is 21.4. The number of nitro groups is 1. The van der Waals surface area contributed by atoms with Gasteiger partial charge in [-0.25, -0.2) is 0 Å². The van der Waals surface area contributed by atoms with Crippen molar-refractivity contribution in [2.24, 2.45) is 7.05 Å². The molecule has 0 radical (unpaired) electrons. The van der Waals surface area contributed by atoms with Gasteiger partial charge in [0.1, 0.15) is 0 Å². The molecule has 2 aromatic heterocycles. The molecule has 1 amide bonds. The molecule has 20 heavy (non-hydrogen) atoms. The van der Waals surface area contributed by atoms with Gasteiger partial charge in [0.15, 0.2) is 6.54 Å². The van der Waals surface area contributed by atoms with Crippen LogP contribution >= 0.6 is 0 Å². The van der Waals surface area contributed by atoms with Crippen LogP contribution in [0.25, 0.3) is 0 Å². The Morgan fingerprint density at radius 1 is 1.55 bits per heavy atom. The third-order valence-corrected chi connectivity index (χ3v) is 2.61. The van der Waals surface area contributed by atoms with E-state index in [1.54, 1.807) is 31.0 Å². The van der Waals surface area contributed by atoms with E-state index in [4.69, 9.17) is 0 Å². The normalized spacial score (nSPS) is 10.5. The Morgan fingerprint density at radius 3 is 2.90 bits per heavy atom. The molecule has 106 valence electrons. The van der Waals surface area contributed by atoms with Gasteiger partial charge in [-0.3, -0.25) is 9.48 Å². The second-order valence-electron chi connectivity index (χ2n) is 4.36. The van der Waals surface area contributed by atoms with Crippen molar-refractivity contribution < 1.29 is 9.72 Å². The lowest BCUT2D eigenvalue weighted by Gasteiger charge is -2.02. The molecule has 0 aliphatic carbocycles. The summed E-state index contributed by atoms with van der Waals surface area (Å²) in [6, 6.07) is 1.33. The van der Waals surface area contributed by atoms with Crippen LogP contribution in [0.5, 0.6) is 0 Å². The Balaban J connectivity index is 1.96. The van der Waals surface area contributed by atoms with Crippen molar-refractivity contribution >= 4 is 11.7 Å². The van der Waals surface area contributed by atoms with Gasteiger partial charge in [-0.1, -0.05) is 5.10 Å². The number of rotatable bonds is 5. The van der Waals surface area contributed by atoms with Crippen molar-refractivity contribution in [2.75, 3.05) is 0 Å². The van der Waals surface area contributed by atoms with Gasteiger partial charge < -0.3 is 15.4 Å². The van der Waals surface area contributed by atoms with Crippen LogP contribution < -0.4 is 5.32 Å². The number of hydrogen-bond donors (Lipinski definition) is 1. The van der Waals surface area contributed by atoms with Crippen LogP contribution in [-0.4, -0.2) is 30.4 Å². The smallest absolute Gasteiger partial charge is 0.345 e. The van der Waals surface area contributed by atoms with Crippen LogP contribution in [0, 0.1) is 17.0 Å². The van der Waals surface area contributed by atoms with Crippen molar-refractivity contribution in [1.82, 2.24) is 24.9 Å². The maximum absolute atomic E-state index is 11.8. The fourth-order valence-electron chi connectivity index (χ4n) is 1.75. The molecule has 2 aromatic rings.